The van der Waals surface area contributed by atoms with E-state index in [4.69, 9.17) is 0 Å². The van der Waals surface area contributed by atoms with Crippen molar-refractivity contribution in [3.63, 3.8) is 0 Å². The molecule has 0 radical (unpaired) electrons. The van der Waals surface area contributed by atoms with Crippen molar-refractivity contribution in [3.05, 3.63) is 46.5 Å². The van der Waals surface area contributed by atoms with Crippen LogP contribution in [-0.2, 0) is 6.54 Å². The average Bonchev–Trinajstić information content (AvgIpc) is 2.48. The van der Waals surface area contributed by atoms with Gasteiger partial charge < -0.3 is 0 Å². The third-order valence-electron chi connectivity index (χ3n) is 4.23. The van der Waals surface area contributed by atoms with E-state index in [9.17, 15) is 4.79 Å². The van der Waals surface area contributed by atoms with Crippen molar-refractivity contribution in [2.75, 3.05) is 7.05 Å². The van der Waals surface area contributed by atoms with E-state index in [1.165, 1.54) is 32.1 Å². The molecule has 20 heavy (non-hydrogen) atoms. The second-order valence-electron chi connectivity index (χ2n) is 5.72. The first kappa shape index (κ1) is 13.3. The summed E-state index contributed by atoms with van der Waals surface area (Å²) >= 11 is 0. The van der Waals surface area contributed by atoms with Crippen LogP contribution in [0.2, 0.25) is 0 Å². The molecule has 3 rings (SSSR count). The van der Waals surface area contributed by atoms with Crippen molar-refractivity contribution in [2.45, 2.75) is 44.7 Å². The van der Waals surface area contributed by atoms with Gasteiger partial charge in [-0.3, -0.25) is 14.1 Å². The molecule has 0 aliphatic heterocycles. The Hall–Kier alpha value is -1.68. The molecule has 2 aromatic rings. The minimum atomic E-state index is 0.00245. The van der Waals surface area contributed by atoms with Gasteiger partial charge in [0.1, 0.15) is 5.65 Å². The Labute approximate surface area is 119 Å². The van der Waals surface area contributed by atoms with Crippen molar-refractivity contribution in [1.29, 1.82) is 0 Å². The lowest BCUT2D eigenvalue weighted by Crippen LogP contribution is -2.33. The van der Waals surface area contributed by atoms with Crippen LogP contribution in [0.1, 0.15) is 37.8 Å². The lowest BCUT2D eigenvalue weighted by Gasteiger charge is -2.30. The monoisotopic (exact) mass is 271 g/mol. The summed E-state index contributed by atoms with van der Waals surface area (Å²) in [6.07, 6.45) is 8.30. The molecular formula is C16H21N3O. The van der Waals surface area contributed by atoms with Crippen LogP contribution in [0.3, 0.4) is 0 Å². The lowest BCUT2D eigenvalue weighted by atomic mass is 9.94. The van der Waals surface area contributed by atoms with Gasteiger partial charge in [0.25, 0.3) is 5.56 Å². The second kappa shape index (κ2) is 5.75. The summed E-state index contributed by atoms with van der Waals surface area (Å²) in [5.41, 5.74) is 1.60. The summed E-state index contributed by atoms with van der Waals surface area (Å²) in [4.78, 5) is 19.0. The Balaban J connectivity index is 1.81. The highest BCUT2D eigenvalue weighted by Gasteiger charge is 2.18. The number of hydrogen-bond acceptors (Lipinski definition) is 3. The first-order valence-electron chi connectivity index (χ1n) is 7.41. The van der Waals surface area contributed by atoms with E-state index in [1.54, 1.807) is 16.7 Å². The van der Waals surface area contributed by atoms with Crippen LogP contribution < -0.4 is 5.56 Å². The molecule has 1 aliphatic carbocycles. The van der Waals surface area contributed by atoms with Crippen molar-refractivity contribution < 1.29 is 0 Å². The van der Waals surface area contributed by atoms with E-state index < -0.39 is 0 Å². The van der Waals surface area contributed by atoms with E-state index in [1.807, 2.05) is 18.2 Å². The molecule has 0 bridgehead atoms. The van der Waals surface area contributed by atoms with Crippen LogP contribution in [0.4, 0.5) is 0 Å². The van der Waals surface area contributed by atoms with Gasteiger partial charge in [-0.2, -0.15) is 0 Å². The summed E-state index contributed by atoms with van der Waals surface area (Å²) in [6.45, 7) is 0.755. The number of pyridine rings is 1. The van der Waals surface area contributed by atoms with Crippen LogP contribution in [0.15, 0.2) is 35.3 Å². The average molecular weight is 271 g/mol. The number of rotatable bonds is 3. The van der Waals surface area contributed by atoms with Gasteiger partial charge >= 0.3 is 0 Å². The minimum Gasteiger partial charge on any atom is -0.298 e. The van der Waals surface area contributed by atoms with Gasteiger partial charge in [0.2, 0.25) is 0 Å². The van der Waals surface area contributed by atoms with Gasteiger partial charge in [0, 0.05) is 24.8 Å². The SMILES string of the molecule is CN(Cc1cc(=O)n2ccccc2n1)C1CCCCC1. The predicted octanol–water partition coefficient (Wildman–Crippen LogP) is 2.46. The Morgan fingerprint density at radius 2 is 2.10 bits per heavy atom. The molecule has 0 aromatic carbocycles. The third kappa shape index (κ3) is 2.75. The Morgan fingerprint density at radius 3 is 2.90 bits per heavy atom. The first-order valence-corrected chi connectivity index (χ1v) is 7.41. The fourth-order valence-electron chi connectivity index (χ4n) is 3.09. The molecule has 1 fully saturated rings. The van der Waals surface area contributed by atoms with Crippen LogP contribution in [0.25, 0.3) is 5.65 Å². The third-order valence-corrected chi connectivity index (χ3v) is 4.23. The van der Waals surface area contributed by atoms with E-state index in [0.717, 1.165) is 17.9 Å². The summed E-state index contributed by atoms with van der Waals surface area (Å²) in [7, 11) is 2.14. The van der Waals surface area contributed by atoms with E-state index in [2.05, 4.69) is 16.9 Å². The quantitative estimate of drug-likeness (QED) is 0.860. The molecule has 0 amide bonds. The van der Waals surface area contributed by atoms with Gasteiger partial charge in [0.15, 0.2) is 0 Å². The maximum atomic E-state index is 12.1. The summed E-state index contributed by atoms with van der Waals surface area (Å²) in [6, 6.07) is 7.94. The van der Waals surface area contributed by atoms with Crippen LogP contribution >= 0.6 is 0 Å². The van der Waals surface area contributed by atoms with E-state index in [-0.39, 0.29) is 5.56 Å². The topological polar surface area (TPSA) is 37.6 Å². The fourth-order valence-corrected chi connectivity index (χ4v) is 3.09. The largest absolute Gasteiger partial charge is 0.298 e. The zero-order valence-corrected chi connectivity index (χ0v) is 12.0. The highest BCUT2D eigenvalue weighted by molar-refractivity contribution is 5.37. The van der Waals surface area contributed by atoms with Crippen LogP contribution in [0.5, 0.6) is 0 Å². The number of fused-ring (bicyclic) bond motifs is 1. The van der Waals surface area contributed by atoms with Gasteiger partial charge in [0.05, 0.1) is 5.69 Å². The van der Waals surface area contributed by atoms with Gasteiger partial charge in [-0.05, 0) is 32.0 Å². The Kier molecular flexibility index (Phi) is 3.83. The summed E-state index contributed by atoms with van der Waals surface area (Å²) in [5, 5.41) is 0. The summed E-state index contributed by atoms with van der Waals surface area (Å²) in [5.74, 6) is 0. The molecule has 0 N–H and O–H groups in total. The van der Waals surface area contributed by atoms with Gasteiger partial charge in [-0.25, -0.2) is 4.98 Å². The van der Waals surface area contributed by atoms with E-state index >= 15 is 0 Å². The molecular weight excluding hydrogens is 250 g/mol. The van der Waals surface area contributed by atoms with Crippen molar-refractivity contribution in [3.8, 4) is 0 Å². The molecule has 1 saturated carbocycles. The fraction of sp³-hybridized carbons (Fsp3) is 0.500. The molecule has 2 heterocycles. The molecule has 0 atom stereocenters. The predicted molar refractivity (Wildman–Crippen MR) is 79.8 cm³/mol. The smallest absolute Gasteiger partial charge is 0.258 e. The zero-order chi connectivity index (χ0) is 13.9. The normalized spacial score (nSPS) is 16.9. The van der Waals surface area contributed by atoms with Gasteiger partial charge in [-0.15, -0.1) is 0 Å². The summed E-state index contributed by atoms with van der Waals surface area (Å²) < 4.78 is 1.59. The van der Waals surface area contributed by atoms with Crippen LogP contribution in [-0.4, -0.2) is 27.4 Å². The lowest BCUT2D eigenvalue weighted by molar-refractivity contribution is 0.183. The molecule has 4 heteroatoms. The molecule has 2 aromatic heterocycles. The van der Waals surface area contributed by atoms with Gasteiger partial charge in [-0.1, -0.05) is 25.3 Å². The highest BCUT2D eigenvalue weighted by atomic mass is 16.1. The first-order chi connectivity index (χ1) is 9.74. The van der Waals surface area contributed by atoms with Crippen molar-refractivity contribution >= 4 is 5.65 Å². The Bertz CT molecular complexity index is 643. The standard InChI is InChI=1S/C16H21N3O/c1-18(14-7-3-2-4-8-14)12-13-11-16(20)19-10-6-5-9-15(19)17-13/h5-6,9-11,14H,2-4,7-8,12H2,1H3. The van der Waals surface area contributed by atoms with Crippen LogP contribution in [0, 0.1) is 0 Å². The Morgan fingerprint density at radius 1 is 1.30 bits per heavy atom. The maximum Gasteiger partial charge on any atom is 0.258 e. The second-order valence-corrected chi connectivity index (χ2v) is 5.72. The highest BCUT2D eigenvalue weighted by Crippen LogP contribution is 2.22. The maximum absolute atomic E-state index is 12.1. The number of aromatic nitrogens is 2. The molecule has 0 unspecified atom stereocenters. The molecule has 0 saturated heterocycles. The molecule has 106 valence electrons. The number of hydrogen-bond donors (Lipinski definition) is 0. The van der Waals surface area contributed by atoms with Crippen molar-refractivity contribution in [2.24, 2.45) is 0 Å². The minimum absolute atomic E-state index is 0.00245. The molecule has 1 aliphatic rings. The number of nitrogens with zero attached hydrogens (tertiary/aromatic N) is 3. The molecule has 0 spiro atoms. The molecule has 4 nitrogen and oxygen atoms in total. The zero-order valence-electron chi connectivity index (χ0n) is 12.0. The van der Waals surface area contributed by atoms with Crippen molar-refractivity contribution in [1.82, 2.24) is 14.3 Å². The van der Waals surface area contributed by atoms with E-state index in [0.29, 0.717) is 6.04 Å².